The molecule has 3 heterocycles. The van der Waals surface area contributed by atoms with Crippen molar-refractivity contribution in [1.29, 1.82) is 0 Å². The SMILES string of the molecule is COCCCN1C(=O)C(=Cc2c(N3CCN(C)CC3)c3ccccc3n(C)c2=O)SC1=S. The molecule has 2 aliphatic heterocycles. The Balaban J connectivity index is 1.81. The molecule has 32 heavy (non-hydrogen) atoms. The number of para-hydroxylation sites is 1. The average molecular weight is 473 g/mol. The Kier molecular flexibility index (Phi) is 6.99. The first-order valence-corrected chi connectivity index (χ1v) is 11.9. The van der Waals surface area contributed by atoms with Gasteiger partial charge in [0.05, 0.1) is 21.7 Å². The Morgan fingerprint density at radius 1 is 1.12 bits per heavy atom. The Morgan fingerprint density at radius 2 is 1.84 bits per heavy atom. The summed E-state index contributed by atoms with van der Waals surface area (Å²) in [7, 11) is 5.53. The number of aryl methyl sites for hydroxylation is 1. The minimum atomic E-state index is -0.143. The van der Waals surface area contributed by atoms with Crippen LogP contribution in [0.25, 0.3) is 17.0 Å². The molecule has 2 aromatic rings. The van der Waals surface area contributed by atoms with Gasteiger partial charge in [-0.05, 0) is 25.6 Å². The van der Waals surface area contributed by atoms with Crippen molar-refractivity contribution in [2.45, 2.75) is 6.42 Å². The summed E-state index contributed by atoms with van der Waals surface area (Å²) in [4.78, 5) is 33.2. The predicted molar refractivity (Wildman–Crippen MR) is 135 cm³/mol. The van der Waals surface area contributed by atoms with Gasteiger partial charge >= 0.3 is 0 Å². The maximum absolute atomic E-state index is 13.5. The molecule has 0 saturated carbocycles. The first-order valence-electron chi connectivity index (χ1n) is 10.7. The number of rotatable bonds is 6. The van der Waals surface area contributed by atoms with Gasteiger partial charge in [0, 0.05) is 58.9 Å². The van der Waals surface area contributed by atoms with Crippen molar-refractivity contribution < 1.29 is 9.53 Å². The first kappa shape index (κ1) is 23.0. The van der Waals surface area contributed by atoms with Crippen LogP contribution in [0.1, 0.15) is 12.0 Å². The molecule has 1 aromatic carbocycles. The van der Waals surface area contributed by atoms with E-state index >= 15 is 0 Å². The molecular formula is C23H28N4O3S2. The number of nitrogens with zero attached hydrogens (tertiary/aromatic N) is 4. The molecule has 0 atom stereocenters. The van der Waals surface area contributed by atoms with Crippen molar-refractivity contribution in [3.63, 3.8) is 0 Å². The quantitative estimate of drug-likeness (QED) is 0.364. The third kappa shape index (κ3) is 4.34. The molecule has 9 heteroatoms. The Bertz CT molecular complexity index is 1140. The molecule has 1 aromatic heterocycles. The number of pyridine rings is 1. The monoisotopic (exact) mass is 472 g/mol. The molecule has 0 unspecified atom stereocenters. The smallest absolute Gasteiger partial charge is 0.266 e. The molecule has 2 fully saturated rings. The third-order valence-electron chi connectivity index (χ3n) is 6.01. The minimum absolute atomic E-state index is 0.109. The van der Waals surface area contributed by atoms with E-state index in [1.54, 1.807) is 29.7 Å². The van der Waals surface area contributed by atoms with Crippen LogP contribution in [0.15, 0.2) is 34.0 Å². The van der Waals surface area contributed by atoms with E-state index in [9.17, 15) is 9.59 Å². The van der Waals surface area contributed by atoms with Crippen LogP contribution in [0.4, 0.5) is 5.69 Å². The van der Waals surface area contributed by atoms with Gasteiger partial charge in [-0.3, -0.25) is 14.5 Å². The van der Waals surface area contributed by atoms with Crippen molar-refractivity contribution in [3.8, 4) is 0 Å². The van der Waals surface area contributed by atoms with E-state index in [4.69, 9.17) is 17.0 Å². The predicted octanol–water partition coefficient (Wildman–Crippen LogP) is 2.53. The van der Waals surface area contributed by atoms with Gasteiger partial charge in [-0.1, -0.05) is 42.2 Å². The molecule has 7 nitrogen and oxygen atoms in total. The summed E-state index contributed by atoms with van der Waals surface area (Å²) in [6.45, 7) is 4.57. The Morgan fingerprint density at radius 3 is 2.56 bits per heavy atom. The molecule has 0 aliphatic carbocycles. The maximum Gasteiger partial charge on any atom is 0.266 e. The highest BCUT2D eigenvalue weighted by molar-refractivity contribution is 8.26. The van der Waals surface area contributed by atoms with Crippen LogP contribution in [-0.4, -0.2) is 78.1 Å². The Labute approximate surface area is 197 Å². The lowest BCUT2D eigenvalue weighted by atomic mass is 10.1. The third-order valence-corrected chi connectivity index (χ3v) is 7.39. The van der Waals surface area contributed by atoms with Gasteiger partial charge in [-0.15, -0.1) is 0 Å². The highest BCUT2D eigenvalue weighted by Crippen LogP contribution is 2.36. The Hall–Kier alpha value is -2.20. The van der Waals surface area contributed by atoms with Crippen molar-refractivity contribution in [2.24, 2.45) is 7.05 Å². The molecular weight excluding hydrogens is 444 g/mol. The summed E-state index contributed by atoms with van der Waals surface area (Å²) < 4.78 is 7.29. The molecule has 1 amide bonds. The molecule has 2 aliphatic rings. The summed E-state index contributed by atoms with van der Waals surface area (Å²) in [5.74, 6) is -0.143. The zero-order valence-corrected chi connectivity index (χ0v) is 20.3. The normalized spacial score (nSPS) is 19.0. The van der Waals surface area contributed by atoms with Crippen LogP contribution in [0, 0.1) is 0 Å². The van der Waals surface area contributed by atoms with Crippen molar-refractivity contribution in [2.75, 3.05) is 58.4 Å². The van der Waals surface area contributed by atoms with Crippen LogP contribution >= 0.6 is 24.0 Å². The van der Waals surface area contributed by atoms with Crippen LogP contribution < -0.4 is 10.5 Å². The summed E-state index contributed by atoms with van der Waals surface area (Å²) in [5, 5.41) is 1.01. The van der Waals surface area contributed by atoms with E-state index in [1.165, 1.54) is 11.8 Å². The number of aromatic nitrogens is 1. The van der Waals surface area contributed by atoms with Crippen LogP contribution in [0.3, 0.4) is 0 Å². The molecule has 4 rings (SSSR count). The van der Waals surface area contributed by atoms with E-state index in [0.29, 0.717) is 34.4 Å². The number of methoxy groups -OCH3 is 1. The number of carbonyl (C=O) groups is 1. The zero-order valence-electron chi connectivity index (χ0n) is 18.7. The molecule has 0 radical (unpaired) electrons. The number of anilines is 1. The second-order valence-corrected chi connectivity index (χ2v) is 9.79. The molecule has 0 N–H and O–H groups in total. The fraction of sp³-hybridized carbons (Fsp3) is 0.435. The number of hydrogen-bond acceptors (Lipinski definition) is 7. The summed E-state index contributed by atoms with van der Waals surface area (Å²) in [6.07, 6.45) is 2.46. The van der Waals surface area contributed by atoms with Gasteiger partial charge < -0.3 is 19.1 Å². The number of likely N-dealkylation sites (N-methyl/N-ethyl adjacent to an activating group) is 1. The number of fused-ring (bicyclic) bond motifs is 1. The summed E-state index contributed by atoms with van der Waals surface area (Å²) >= 11 is 6.72. The van der Waals surface area contributed by atoms with Crippen molar-refractivity contribution in [3.05, 3.63) is 45.1 Å². The molecule has 170 valence electrons. The zero-order chi connectivity index (χ0) is 22.8. The minimum Gasteiger partial charge on any atom is -0.385 e. The summed E-state index contributed by atoms with van der Waals surface area (Å²) in [5.41, 5.74) is 2.23. The van der Waals surface area contributed by atoms with Gasteiger partial charge in [-0.2, -0.15) is 0 Å². The van der Waals surface area contributed by atoms with Crippen LogP contribution in [0.5, 0.6) is 0 Å². The van der Waals surface area contributed by atoms with E-state index in [0.717, 1.165) is 42.8 Å². The van der Waals surface area contributed by atoms with E-state index in [1.807, 2.05) is 18.2 Å². The molecule has 2 saturated heterocycles. The number of benzene rings is 1. The topological polar surface area (TPSA) is 58.0 Å². The van der Waals surface area contributed by atoms with Crippen LogP contribution in [-0.2, 0) is 16.6 Å². The van der Waals surface area contributed by atoms with Gasteiger partial charge in [-0.25, -0.2) is 0 Å². The number of thioether (sulfide) groups is 1. The number of thiocarbonyl (C=S) groups is 1. The number of ether oxygens (including phenoxy) is 1. The summed E-state index contributed by atoms with van der Waals surface area (Å²) in [6, 6.07) is 7.96. The second-order valence-electron chi connectivity index (χ2n) is 8.11. The lowest BCUT2D eigenvalue weighted by Gasteiger charge is -2.35. The number of piperazine rings is 1. The number of hydrogen-bond donors (Lipinski definition) is 0. The first-order chi connectivity index (χ1) is 15.4. The number of carbonyl (C=O) groups excluding carboxylic acids is 1. The largest absolute Gasteiger partial charge is 0.385 e. The van der Waals surface area contributed by atoms with Gasteiger partial charge in [0.1, 0.15) is 4.32 Å². The van der Waals surface area contributed by atoms with E-state index < -0.39 is 0 Å². The van der Waals surface area contributed by atoms with Crippen molar-refractivity contribution in [1.82, 2.24) is 14.4 Å². The average Bonchev–Trinajstić information content (AvgIpc) is 3.06. The molecule has 0 bridgehead atoms. The fourth-order valence-corrected chi connectivity index (χ4v) is 5.48. The van der Waals surface area contributed by atoms with E-state index in [-0.39, 0.29) is 11.5 Å². The second kappa shape index (κ2) is 9.74. The molecule has 0 spiro atoms. The van der Waals surface area contributed by atoms with Gasteiger partial charge in [0.25, 0.3) is 11.5 Å². The van der Waals surface area contributed by atoms with Gasteiger partial charge in [0.15, 0.2) is 0 Å². The lowest BCUT2D eigenvalue weighted by Crippen LogP contribution is -2.45. The fourth-order valence-electron chi connectivity index (χ4n) is 4.19. The van der Waals surface area contributed by atoms with Crippen molar-refractivity contribution >= 4 is 56.9 Å². The maximum atomic E-state index is 13.5. The highest BCUT2D eigenvalue weighted by atomic mass is 32.2. The van der Waals surface area contributed by atoms with E-state index in [2.05, 4.69) is 22.9 Å². The number of amides is 1. The standard InChI is InChI=1S/C23H28N4O3S2/c1-24-10-12-26(13-11-24)20-16-7-4-5-8-18(16)25(2)21(28)17(20)15-19-22(29)27(23(31)32-19)9-6-14-30-3/h4-5,7-8,15H,6,9-14H2,1-3H3. The highest BCUT2D eigenvalue weighted by Gasteiger charge is 2.33. The van der Waals surface area contributed by atoms with Gasteiger partial charge in [0.2, 0.25) is 0 Å². The van der Waals surface area contributed by atoms with Crippen LogP contribution in [0.2, 0.25) is 0 Å². The lowest BCUT2D eigenvalue weighted by molar-refractivity contribution is -0.122.